The van der Waals surface area contributed by atoms with Gasteiger partial charge in [-0.3, -0.25) is 9.80 Å². The van der Waals surface area contributed by atoms with Gasteiger partial charge in [0, 0.05) is 51.3 Å². The molecule has 1 aliphatic heterocycles. The molecular formula is C32H37Cl2F2N3O6. The summed E-state index contributed by atoms with van der Waals surface area (Å²) in [6, 6.07) is 11.8. The molecule has 13 heteroatoms. The van der Waals surface area contributed by atoms with E-state index < -0.39 is 18.7 Å². The summed E-state index contributed by atoms with van der Waals surface area (Å²) in [5.41, 5.74) is 2.52. The highest BCUT2D eigenvalue weighted by Gasteiger charge is 2.27. The molecule has 2 heterocycles. The SMILES string of the molecule is O=C(O[C@@H](Cc1c(Cl)c[nH+]cc1Cl)c1ccc(OC(F)F)c(OCC2CC2)c1)c1ccc(CN2CCN(CCO)CC2)cc1.[OH-]. The molecule has 1 aliphatic carbocycles. The van der Waals surface area contributed by atoms with Gasteiger partial charge in [-0.2, -0.15) is 8.78 Å². The Hall–Kier alpha value is -3.06. The second-order valence-corrected chi connectivity index (χ2v) is 11.9. The number of hydrogen-bond acceptors (Lipinski definition) is 8. The van der Waals surface area contributed by atoms with E-state index in [0.29, 0.717) is 45.8 Å². The standard InChI is InChI=1S/C32H35Cl2F2N3O5.H2O/c33-26-17-37-18-27(34)25(26)16-29(24-7-8-28(44-32(35)36)30(15-24)42-20-22-1-2-22)43-31(41)23-5-3-21(4-6-23)19-39-11-9-38(10-12-39)13-14-40;/h3-8,15,17-18,22,29,32,40H,1-2,9-14,16,19-20H2;1H2/t29-;/m0./s1. The summed E-state index contributed by atoms with van der Waals surface area (Å²) in [5.74, 6) is -0.118. The number of piperazine rings is 1. The topological polar surface area (TPSA) is 116 Å². The number of esters is 1. The predicted molar refractivity (Wildman–Crippen MR) is 163 cm³/mol. The van der Waals surface area contributed by atoms with E-state index >= 15 is 0 Å². The highest BCUT2D eigenvalue weighted by Crippen LogP contribution is 2.38. The maximum Gasteiger partial charge on any atom is 0.387 e. The number of aliphatic hydroxyl groups is 1. The third-order valence-electron chi connectivity index (χ3n) is 7.84. The van der Waals surface area contributed by atoms with Crippen molar-refractivity contribution in [2.75, 3.05) is 45.9 Å². The molecular weight excluding hydrogens is 631 g/mol. The quantitative estimate of drug-likeness (QED) is 0.231. The average Bonchev–Trinajstić information content (AvgIpc) is 3.84. The number of rotatable bonds is 14. The van der Waals surface area contributed by atoms with Gasteiger partial charge < -0.3 is 24.8 Å². The molecule has 1 atom stereocenters. The summed E-state index contributed by atoms with van der Waals surface area (Å²) < 4.78 is 42.8. The van der Waals surface area contributed by atoms with Crippen molar-refractivity contribution in [2.45, 2.75) is 38.5 Å². The monoisotopic (exact) mass is 667 g/mol. The Bertz CT molecular complexity index is 1390. The third-order valence-corrected chi connectivity index (χ3v) is 8.51. The highest BCUT2D eigenvalue weighted by molar-refractivity contribution is 6.35. The fourth-order valence-corrected chi connectivity index (χ4v) is 5.65. The van der Waals surface area contributed by atoms with Gasteiger partial charge >= 0.3 is 12.6 Å². The molecule has 0 radical (unpaired) electrons. The van der Waals surface area contributed by atoms with Crippen LogP contribution >= 0.6 is 23.2 Å². The third kappa shape index (κ3) is 9.96. The number of nitrogens with one attached hydrogen (secondary N) is 1. The first-order valence-corrected chi connectivity index (χ1v) is 15.5. The van der Waals surface area contributed by atoms with Crippen LogP contribution < -0.4 is 14.5 Å². The predicted octanol–water partition coefficient (Wildman–Crippen LogP) is 5.27. The van der Waals surface area contributed by atoms with Crippen molar-refractivity contribution in [1.29, 1.82) is 0 Å². The fraction of sp³-hybridized carbons (Fsp3) is 0.438. The van der Waals surface area contributed by atoms with E-state index in [2.05, 4.69) is 14.8 Å². The lowest BCUT2D eigenvalue weighted by Crippen LogP contribution is -2.46. The number of H-pyrrole nitrogens is 1. The number of ether oxygens (including phenoxy) is 3. The fourth-order valence-electron chi connectivity index (χ4n) is 5.12. The first-order chi connectivity index (χ1) is 21.3. The Kier molecular flexibility index (Phi) is 12.8. The normalized spacial score (nSPS) is 16.2. The number of β-amino-alcohol motifs (C(OH)–C–C–N with tert-alkyl or cyclic N) is 1. The minimum atomic E-state index is -3.02. The van der Waals surface area contributed by atoms with Crippen LogP contribution in [0.5, 0.6) is 11.5 Å². The minimum absolute atomic E-state index is 0. The van der Waals surface area contributed by atoms with Crippen molar-refractivity contribution in [1.82, 2.24) is 9.80 Å². The number of benzene rings is 2. The number of alkyl halides is 2. The number of carbonyl (C=O) groups is 1. The molecule has 45 heavy (non-hydrogen) atoms. The number of carbonyl (C=O) groups excluding carboxylic acids is 1. The van der Waals surface area contributed by atoms with Gasteiger partial charge in [-0.15, -0.1) is 0 Å². The van der Waals surface area contributed by atoms with E-state index in [4.69, 9.17) is 42.5 Å². The average molecular weight is 669 g/mol. The van der Waals surface area contributed by atoms with Crippen LogP contribution in [0, 0.1) is 5.92 Å². The van der Waals surface area contributed by atoms with Crippen molar-refractivity contribution >= 4 is 29.2 Å². The first-order valence-electron chi connectivity index (χ1n) is 14.7. The maximum atomic E-state index is 13.4. The van der Waals surface area contributed by atoms with Gasteiger partial charge in [0.2, 0.25) is 0 Å². The number of pyridine rings is 1. The van der Waals surface area contributed by atoms with Crippen LogP contribution in [0.25, 0.3) is 0 Å². The summed E-state index contributed by atoms with van der Waals surface area (Å²) in [5, 5.41) is 9.89. The minimum Gasteiger partial charge on any atom is -0.870 e. The molecule has 5 rings (SSSR count). The Balaban J connectivity index is 0.00000461. The van der Waals surface area contributed by atoms with Crippen LogP contribution in [0.3, 0.4) is 0 Å². The summed E-state index contributed by atoms with van der Waals surface area (Å²) in [6.07, 6.45) is 4.47. The van der Waals surface area contributed by atoms with Gasteiger partial charge in [0.05, 0.1) is 18.8 Å². The zero-order valence-corrected chi connectivity index (χ0v) is 26.2. The Morgan fingerprint density at radius 3 is 2.27 bits per heavy atom. The molecule has 244 valence electrons. The molecule has 2 fully saturated rings. The van der Waals surface area contributed by atoms with Gasteiger partial charge in [0.1, 0.15) is 16.1 Å². The zero-order valence-electron chi connectivity index (χ0n) is 24.6. The van der Waals surface area contributed by atoms with E-state index in [-0.39, 0.29) is 30.0 Å². The van der Waals surface area contributed by atoms with E-state index in [1.807, 2.05) is 12.1 Å². The number of aliphatic hydroxyl groups excluding tert-OH is 1. The van der Waals surface area contributed by atoms with Gasteiger partial charge in [-0.25, -0.2) is 9.78 Å². The van der Waals surface area contributed by atoms with Crippen molar-refractivity contribution in [2.24, 2.45) is 5.92 Å². The second kappa shape index (κ2) is 16.5. The van der Waals surface area contributed by atoms with Crippen molar-refractivity contribution in [3.8, 4) is 11.5 Å². The number of aromatic amines is 1. The van der Waals surface area contributed by atoms with Crippen LogP contribution in [-0.2, 0) is 17.7 Å². The number of halogens is 4. The molecule has 0 bridgehead atoms. The van der Waals surface area contributed by atoms with E-state index in [9.17, 15) is 13.6 Å². The molecule has 0 spiro atoms. The first kappa shape index (κ1) is 34.8. The molecule has 3 N–H and O–H groups in total. The van der Waals surface area contributed by atoms with Crippen LogP contribution in [-0.4, -0.2) is 78.9 Å². The van der Waals surface area contributed by atoms with Crippen LogP contribution in [0.4, 0.5) is 8.78 Å². The largest absolute Gasteiger partial charge is 0.870 e. The van der Waals surface area contributed by atoms with Crippen LogP contribution in [0.1, 0.15) is 46.0 Å². The van der Waals surface area contributed by atoms with Crippen molar-refractivity contribution in [3.63, 3.8) is 0 Å². The summed E-state index contributed by atoms with van der Waals surface area (Å²) in [6.45, 7) is 2.59. The second-order valence-electron chi connectivity index (χ2n) is 11.1. The molecule has 9 nitrogen and oxygen atoms in total. The molecule has 2 aromatic carbocycles. The highest BCUT2D eigenvalue weighted by atomic mass is 35.5. The lowest BCUT2D eigenvalue weighted by atomic mass is 10.0. The summed E-state index contributed by atoms with van der Waals surface area (Å²) >= 11 is 12.9. The molecule has 0 amide bonds. The Morgan fingerprint density at radius 2 is 1.64 bits per heavy atom. The van der Waals surface area contributed by atoms with Gasteiger partial charge in [-0.1, -0.05) is 41.4 Å². The lowest BCUT2D eigenvalue weighted by molar-refractivity contribution is -0.377. The molecule has 0 unspecified atom stereocenters. The van der Waals surface area contributed by atoms with Gasteiger partial charge in [0.25, 0.3) is 0 Å². The molecule has 2 aliphatic rings. The smallest absolute Gasteiger partial charge is 0.387 e. The number of aromatic nitrogens is 1. The molecule has 1 saturated heterocycles. The van der Waals surface area contributed by atoms with Gasteiger partial charge in [-0.05, 0) is 54.2 Å². The lowest BCUT2D eigenvalue weighted by Gasteiger charge is -2.34. The van der Waals surface area contributed by atoms with Crippen LogP contribution in [0.15, 0.2) is 54.9 Å². The van der Waals surface area contributed by atoms with E-state index in [1.54, 1.807) is 36.7 Å². The van der Waals surface area contributed by atoms with Gasteiger partial charge in [0.15, 0.2) is 23.9 Å². The summed E-state index contributed by atoms with van der Waals surface area (Å²) in [4.78, 5) is 20.9. The van der Waals surface area contributed by atoms with Crippen LogP contribution in [0.2, 0.25) is 10.0 Å². The molecule has 1 aromatic heterocycles. The number of hydrogen-bond donors (Lipinski definition) is 1. The number of nitrogens with zero attached hydrogens (tertiary/aromatic N) is 2. The maximum absolute atomic E-state index is 13.4. The van der Waals surface area contributed by atoms with E-state index in [1.165, 1.54) is 6.07 Å². The molecule has 1 saturated carbocycles. The van der Waals surface area contributed by atoms with E-state index in [0.717, 1.165) is 51.1 Å². The van der Waals surface area contributed by atoms with Crippen molar-refractivity contribution < 1.29 is 43.4 Å². The Labute approximate surface area is 270 Å². The van der Waals surface area contributed by atoms with Crippen molar-refractivity contribution in [3.05, 3.63) is 87.2 Å². The summed E-state index contributed by atoms with van der Waals surface area (Å²) in [7, 11) is 0. The molecule has 3 aromatic rings. The Morgan fingerprint density at radius 1 is 0.978 bits per heavy atom. The zero-order chi connectivity index (χ0) is 31.1.